The van der Waals surface area contributed by atoms with Crippen LogP contribution < -0.4 is 5.32 Å². The summed E-state index contributed by atoms with van der Waals surface area (Å²) in [4.78, 5) is 7.11. The van der Waals surface area contributed by atoms with Gasteiger partial charge < -0.3 is 19.7 Å². The van der Waals surface area contributed by atoms with Crippen molar-refractivity contribution >= 4 is 5.96 Å². The molecule has 6 heteroatoms. The zero-order valence-corrected chi connectivity index (χ0v) is 15.2. The monoisotopic (exact) mass is 349 g/mol. The molecule has 0 saturated carbocycles. The molecule has 2 fully saturated rings. The average Bonchev–Trinajstić information content (AvgIpc) is 3.25. The van der Waals surface area contributed by atoms with Gasteiger partial charge in [-0.25, -0.2) is 9.38 Å². The lowest BCUT2D eigenvalue weighted by Gasteiger charge is -2.25. The highest BCUT2D eigenvalue weighted by Crippen LogP contribution is 2.38. The van der Waals surface area contributed by atoms with Crippen molar-refractivity contribution in [3.8, 4) is 0 Å². The first-order chi connectivity index (χ1) is 12.2. The van der Waals surface area contributed by atoms with Crippen molar-refractivity contribution < 1.29 is 13.9 Å². The normalized spacial score (nSPS) is 23.6. The first kappa shape index (κ1) is 18.1. The Morgan fingerprint density at radius 3 is 3.04 bits per heavy atom. The molecule has 2 heterocycles. The molecule has 0 amide bonds. The lowest BCUT2D eigenvalue weighted by Crippen LogP contribution is -2.41. The largest absolute Gasteiger partial charge is 0.381 e. The fourth-order valence-corrected chi connectivity index (χ4v) is 3.67. The van der Waals surface area contributed by atoms with Crippen LogP contribution in [0, 0.1) is 11.2 Å². The second-order valence-electron chi connectivity index (χ2n) is 7.00. The number of aliphatic imine (C=N–C) groups is 1. The first-order valence-corrected chi connectivity index (χ1v) is 9.03. The maximum Gasteiger partial charge on any atom is 0.194 e. The van der Waals surface area contributed by atoms with Crippen LogP contribution in [0.3, 0.4) is 0 Å². The van der Waals surface area contributed by atoms with Crippen LogP contribution in [0.4, 0.5) is 4.39 Å². The minimum Gasteiger partial charge on any atom is -0.381 e. The van der Waals surface area contributed by atoms with Gasteiger partial charge in [-0.15, -0.1) is 0 Å². The summed E-state index contributed by atoms with van der Waals surface area (Å²) < 4.78 is 24.4. The SMILES string of the molecule is CCNC(=NCc1ccc(F)c(COC)c1)N1CCC2(CCOC2)C1. The molecule has 0 aliphatic carbocycles. The Bertz CT molecular complexity index is 615. The van der Waals surface area contributed by atoms with E-state index in [0.29, 0.717) is 17.5 Å². The first-order valence-electron chi connectivity index (χ1n) is 9.03. The van der Waals surface area contributed by atoms with Crippen molar-refractivity contribution in [3.63, 3.8) is 0 Å². The van der Waals surface area contributed by atoms with Crippen LogP contribution >= 0.6 is 0 Å². The lowest BCUT2D eigenvalue weighted by molar-refractivity contribution is 0.156. The molecule has 1 unspecified atom stereocenters. The highest BCUT2D eigenvalue weighted by molar-refractivity contribution is 5.80. The van der Waals surface area contributed by atoms with Gasteiger partial charge in [-0.1, -0.05) is 6.07 Å². The Kier molecular flexibility index (Phi) is 5.91. The van der Waals surface area contributed by atoms with E-state index in [1.54, 1.807) is 13.2 Å². The standard InChI is InChI=1S/C19H28FN3O2/c1-3-21-18(23-8-6-19(13-23)7-9-25-14-19)22-11-15-4-5-17(20)16(10-15)12-24-2/h4-5,10H,3,6-9,11-14H2,1-2H3,(H,21,22). The van der Waals surface area contributed by atoms with Gasteiger partial charge in [0.05, 0.1) is 19.8 Å². The molecule has 2 aliphatic rings. The van der Waals surface area contributed by atoms with E-state index in [0.717, 1.165) is 57.2 Å². The topological polar surface area (TPSA) is 46.1 Å². The van der Waals surface area contributed by atoms with Gasteiger partial charge in [-0.2, -0.15) is 0 Å². The summed E-state index contributed by atoms with van der Waals surface area (Å²) in [7, 11) is 1.57. The van der Waals surface area contributed by atoms with Gasteiger partial charge in [0.15, 0.2) is 5.96 Å². The zero-order valence-electron chi connectivity index (χ0n) is 15.2. The molecule has 3 rings (SSSR count). The van der Waals surface area contributed by atoms with Crippen LogP contribution in [0.1, 0.15) is 30.9 Å². The quantitative estimate of drug-likeness (QED) is 0.656. The molecule has 1 N–H and O–H groups in total. The van der Waals surface area contributed by atoms with Crippen molar-refractivity contribution in [2.75, 3.05) is 40.0 Å². The highest BCUT2D eigenvalue weighted by atomic mass is 19.1. The number of guanidine groups is 1. The van der Waals surface area contributed by atoms with Gasteiger partial charge >= 0.3 is 0 Å². The maximum absolute atomic E-state index is 13.7. The summed E-state index contributed by atoms with van der Waals surface area (Å²) >= 11 is 0. The van der Waals surface area contributed by atoms with Crippen molar-refractivity contribution in [1.82, 2.24) is 10.2 Å². The van der Waals surface area contributed by atoms with Crippen LogP contribution in [0.25, 0.3) is 0 Å². The predicted molar refractivity (Wildman–Crippen MR) is 96.0 cm³/mol. The van der Waals surface area contributed by atoms with E-state index in [4.69, 9.17) is 14.5 Å². The Hall–Kier alpha value is -1.66. The molecular formula is C19H28FN3O2. The van der Waals surface area contributed by atoms with Crippen LogP contribution in [0.2, 0.25) is 0 Å². The molecule has 1 aromatic carbocycles. The number of halogens is 1. The van der Waals surface area contributed by atoms with Crippen LogP contribution in [0.5, 0.6) is 0 Å². The van der Waals surface area contributed by atoms with Crippen molar-refractivity contribution in [2.24, 2.45) is 10.4 Å². The fourth-order valence-electron chi connectivity index (χ4n) is 3.67. The summed E-state index contributed by atoms with van der Waals surface area (Å²) in [5.41, 5.74) is 1.86. The van der Waals surface area contributed by atoms with Crippen molar-refractivity contribution in [3.05, 3.63) is 35.1 Å². The summed E-state index contributed by atoms with van der Waals surface area (Å²) in [6.45, 7) is 7.45. The molecule has 1 atom stereocenters. The van der Waals surface area contributed by atoms with Gasteiger partial charge in [0, 0.05) is 44.3 Å². The smallest absolute Gasteiger partial charge is 0.194 e. The summed E-state index contributed by atoms with van der Waals surface area (Å²) in [6, 6.07) is 5.12. The minimum absolute atomic E-state index is 0.232. The number of hydrogen-bond donors (Lipinski definition) is 1. The molecule has 5 nitrogen and oxygen atoms in total. The third-order valence-electron chi connectivity index (χ3n) is 5.08. The van der Waals surface area contributed by atoms with E-state index in [1.165, 1.54) is 6.07 Å². The Morgan fingerprint density at radius 1 is 1.44 bits per heavy atom. The van der Waals surface area contributed by atoms with Crippen molar-refractivity contribution in [1.29, 1.82) is 0 Å². The molecule has 2 aliphatic heterocycles. The second kappa shape index (κ2) is 8.15. The lowest BCUT2D eigenvalue weighted by atomic mass is 9.87. The molecule has 138 valence electrons. The molecule has 1 aromatic rings. The number of nitrogens with one attached hydrogen (secondary N) is 1. The summed E-state index contributed by atoms with van der Waals surface area (Å²) in [5.74, 6) is 0.702. The van der Waals surface area contributed by atoms with Gasteiger partial charge in [-0.05, 0) is 37.5 Å². The van der Waals surface area contributed by atoms with E-state index in [9.17, 15) is 4.39 Å². The number of ether oxygens (including phenoxy) is 2. The number of likely N-dealkylation sites (tertiary alicyclic amines) is 1. The highest BCUT2D eigenvalue weighted by Gasteiger charge is 2.42. The Balaban J connectivity index is 1.69. The van der Waals surface area contributed by atoms with E-state index < -0.39 is 0 Å². The number of rotatable bonds is 5. The van der Waals surface area contributed by atoms with Gasteiger partial charge in [0.25, 0.3) is 0 Å². The van der Waals surface area contributed by atoms with Crippen LogP contribution in [0.15, 0.2) is 23.2 Å². The van der Waals surface area contributed by atoms with Crippen LogP contribution in [-0.2, 0) is 22.6 Å². The van der Waals surface area contributed by atoms with E-state index in [2.05, 4.69) is 17.1 Å². The predicted octanol–water partition coefficient (Wildman–Crippen LogP) is 2.55. The molecule has 2 saturated heterocycles. The number of nitrogens with zero attached hydrogens (tertiary/aromatic N) is 2. The molecule has 0 bridgehead atoms. The Labute approximate surface area is 149 Å². The molecule has 1 spiro atoms. The maximum atomic E-state index is 13.7. The molecular weight excluding hydrogens is 321 g/mol. The summed E-state index contributed by atoms with van der Waals surface area (Å²) in [6.07, 6.45) is 2.30. The van der Waals surface area contributed by atoms with Crippen LogP contribution in [-0.4, -0.2) is 50.8 Å². The van der Waals surface area contributed by atoms with Gasteiger partial charge in [0.2, 0.25) is 0 Å². The Morgan fingerprint density at radius 2 is 2.32 bits per heavy atom. The fraction of sp³-hybridized carbons (Fsp3) is 0.632. The second-order valence-corrected chi connectivity index (χ2v) is 7.00. The molecule has 0 radical (unpaired) electrons. The minimum atomic E-state index is -0.232. The molecule has 0 aromatic heterocycles. The van der Waals surface area contributed by atoms with E-state index in [-0.39, 0.29) is 12.4 Å². The zero-order chi connectivity index (χ0) is 17.7. The van der Waals surface area contributed by atoms with E-state index in [1.807, 2.05) is 6.07 Å². The van der Waals surface area contributed by atoms with Gasteiger partial charge in [0.1, 0.15) is 5.82 Å². The third kappa shape index (κ3) is 4.30. The van der Waals surface area contributed by atoms with E-state index >= 15 is 0 Å². The summed E-state index contributed by atoms with van der Waals surface area (Å²) in [5, 5.41) is 3.39. The average molecular weight is 349 g/mol. The number of hydrogen-bond acceptors (Lipinski definition) is 3. The van der Waals surface area contributed by atoms with Gasteiger partial charge in [-0.3, -0.25) is 0 Å². The third-order valence-corrected chi connectivity index (χ3v) is 5.08. The number of methoxy groups -OCH3 is 1. The number of benzene rings is 1. The molecule has 25 heavy (non-hydrogen) atoms. The van der Waals surface area contributed by atoms with Crippen molar-refractivity contribution in [2.45, 2.75) is 32.9 Å².